The standard InChI is InChI=1S/C12H21N3O5/c1-7(16)9(11(18)19)14-12(20)15-5-3-4-8(6-15)10(17)13-2/h7-9,16H,3-6H2,1-2H3,(H,13,17)(H,14,20)(H,18,19). The molecule has 0 aromatic carbocycles. The maximum absolute atomic E-state index is 12.0. The summed E-state index contributed by atoms with van der Waals surface area (Å²) in [7, 11) is 1.54. The van der Waals surface area contributed by atoms with E-state index in [1.165, 1.54) is 18.9 Å². The average Bonchev–Trinajstić information content (AvgIpc) is 2.42. The van der Waals surface area contributed by atoms with Crippen LogP contribution in [0.15, 0.2) is 0 Å². The summed E-state index contributed by atoms with van der Waals surface area (Å²) in [6.45, 7) is 2.01. The SMILES string of the molecule is CNC(=O)C1CCCN(C(=O)NC(C(=O)O)C(C)O)C1. The van der Waals surface area contributed by atoms with E-state index in [2.05, 4.69) is 10.6 Å². The van der Waals surface area contributed by atoms with Crippen molar-refractivity contribution in [1.29, 1.82) is 0 Å². The van der Waals surface area contributed by atoms with Gasteiger partial charge in [-0.25, -0.2) is 9.59 Å². The van der Waals surface area contributed by atoms with Crippen molar-refractivity contribution >= 4 is 17.9 Å². The van der Waals surface area contributed by atoms with Gasteiger partial charge >= 0.3 is 12.0 Å². The molecule has 1 fully saturated rings. The van der Waals surface area contributed by atoms with Crippen molar-refractivity contribution in [2.45, 2.75) is 31.9 Å². The Bertz CT molecular complexity index is 385. The van der Waals surface area contributed by atoms with Crippen LogP contribution in [0.5, 0.6) is 0 Å². The van der Waals surface area contributed by atoms with Crippen molar-refractivity contribution < 1.29 is 24.6 Å². The molecule has 20 heavy (non-hydrogen) atoms. The molecule has 0 aromatic rings. The average molecular weight is 287 g/mol. The maximum atomic E-state index is 12.0. The molecule has 3 atom stereocenters. The quantitative estimate of drug-likeness (QED) is 0.528. The number of urea groups is 1. The van der Waals surface area contributed by atoms with Gasteiger partial charge in [-0.3, -0.25) is 4.79 Å². The van der Waals surface area contributed by atoms with E-state index in [-0.39, 0.29) is 18.4 Å². The van der Waals surface area contributed by atoms with E-state index in [0.29, 0.717) is 19.4 Å². The summed E-state index contributed by atoms with van der Waals surface area (Å²) in [6, 6.07) is -1.94. The fourth-order valence-corrected chi connectivity index (χ4v) is 2.19. The van der Waals surface area contributed by atoms with Crippen molar-refractivity contribution in [3.05, 3.63) is 0 Å². The topological polar surface area (TPSA) is 119 Å². The molecule has 3 amide bonds. The van der Waals surface area contributed by atoms with E-state index in [9.17, 15) is 19.5 Å². The molecule has 0 radical (unpaired) electrons. The lowest BCUT2D eigenvalue weighted by Crippen LogP contribution is -2.55. The second-order valence-electron chi connectivity index (χ2n) is 4.91. The van der Waals surface area contributed by atoms with E-state index in [1.807, 2.05) is 0 Å². The van der Waals surface area contributed by atoms with Crippen LogP contribution in [-0.4, -0.2) is 65.3 Å². The summed E-state index contributed by atoms with van der Waals surface area (Å²) < 4.78 is 0. The minimum Gasteiger partial charge on any atom is -0.480 e. The molecule has 0 aromatic heterocycles. The number of nitrogens with one attached hydrogen (secondary N) is 2. The first kappa shape index (κ1) is 16.2. The molecule has 1 aliphatic heterocycles. The number of hydrogen-bond acceptors (Lipinski definition) is 4. The number of aliphatic hydroxyl groups is 1. The number of rotatable bonds is 4. The second kappa shape index (κ2) is 7.09. The monoisotopic (exact) mass is 287 g/mol. The predicted octanol–water partition coefficient (Wildman–Crippen LogP) is -1.01. The van der Waals surface area contributed by atoms with Crippen LogP contribution in [0.2, 0.25) is 0 Å². The molecule has 8 nitrogen and oxygen atoms in total. The van der Waals surface area contributed by atoms with Gasteiger partial charge < -0.3 is 25.7 Å². The smallest absolute Gasteiger partial charge is 0.328 e. The Labute approximate surface area is 117 Å². The zero-order chi connectivity index (χ0) is 15.3. The first-order valence-corrected chi connectivity index (χ1v) is 6.54. The summed E-state index contributed by atoms with van der Waals surface area (Å²) in [5.74, 6) is -1.71. The third kappa shape index (κ3) is 4.09. The first-order valence-electron chi connectivity index (χ1n) is 6.54. The zero-order valence-electron chi connectivity index (χ0n) is 11.6. The zero-order valence-corrected chi connectivity index (χ0v) is 11.6. The summed E-state index contributed by atoms with van der Waals surface area (Å²) in [5.41, 5.74) is 0. The number of carboxylic acids is 1. The van der Waals surface area contributed by atoms with Crippen LogP contribution in [-0.2, 0) is 9.59 Å². The van der Waals surface area contributed by atoms with Crippen molar-refractivity contribution in [3.63, 3.8) is 0 Å². The lowest BCUT2D eigenvalue weighted by atomic mass is 9.97. The number of nitrogens with zero attached hydrogens (tertiary/aromatic N) is 1. The van der Waals surface area contributed by atoms with Gasteiger partial charge in [0.1, 0.15) is 0 Å². The number of aliphatic carboxylic acids is 1. The van der Waals surface area contributed by atoms with Gasteiger partial charge in [0.2, 0.25) is 5.91 Å². The molecule has 1 rings (SSSR count). The molecule has 1 saturated heterocycles. The van der Waals surface area contributed by atoms with Gasteiger partial charge in [-0.05, 0) is 19.8 Å². The first-order chi connectivity index (χ1) is 9.36. The van der Waals surface area contributed by atoms with Crippen LogP contribution >= 0.6 is 0 Å². The fourth-order valence-electron chi connectivity index (χ4n) is 2.19. The van der Waals surface area contributed by atoms with Crippen LogP contribution < -0.4 is 10.6 Å². The number of hydrogen-bond donors (Lipinski definition) is 4. The molecule has 1 aliphatic rings. The van der Waals surface area contributed by atoms with Crippen LogP contribution in [0.3, 0.4) is 0 Å². The number of aliphatic hydroxyl groups excluding tert-OH is 1. The molecule has 0 spiro atoms. The van der Waals surface area contributed by atoms with E-state index >= 15 is 0 Å². The highest BCUT2D eigenvalue weighted by atomic mass is 16.4. The number of carboxylic acid groups (broad SMARTS) is 1. The highest BCUT2D eigenvalue weighted by Gasteiger charge is 2.31. The van der Waals surface area contributed by atoms with Gasteiger partial charge in [0.05, 0.1) is 12.0 Å². The van der Waals surface area contributed by atoms with Crippen molar-refractivity contribution in [2.75, 3.05) is 20.1 Å². The van der Waals surface area contributed by atoms with Gasteiger partial charge in [0, 0.05) is 20.1 Å². The highest BCUT2D eigenvalue weighted by Crippen LogP contribution is 2.16. The van der Waals surface area contributed by atoms with Gasteiger partial charge in [0.25, 0.3) is 0 Å². The largest absolute Gasteiger partial charge is 0.480 e. The maximum Gasteiger partial charge on any atom is 0.328 e. The third-order valence-electron chi connectivity index (χ3n) is 3.35. The Kier molecular flexibility index (Phi) is 5.75. The fraction of sp³-hybridized carbons (Fsp3) is 0.750. The van der Waals surface area contributed by atoms with Gasteiger partial charge in [-0.1, -0.05) is 0 Å². The normalized spacial score (nSPS) is 21.8. The second-order valence-corrected chi connectivity index (χ2v) is 4.91. The highest BCUT2D eigenvalue weighted by molar-refractivity contribution is 5.84. The van der Waals surface area contributed by atoms with Gasteiger partial charge in [-0.15, -0.1) is 0 Å². The van der Waals surface area contributed by atoms with E-state index < -0.39 is 24.1 Å². The summed E-state index contributed by atoms with van der Waals surface area (Å²) in [6.07, 6.45) is 0.177. The van der Waals surface area contributed by atoms with Crippen LogP contribution in [0.4, 0.5) is 4.79 Å². The van der Waals surface area contributed by atoms with Crippen molar-refractivity contribution in [3.8, 4) is 0 Å². The molecule has 0 aliphatic carbocycles. The van der Waals surface area contributed by atoms with E-state index in [4.69, 9.17) is 5.11 Å². The molecule has 4 N–H and O–H groups in total. The molecule has 3 unspecified atom stereocenters. The molecule has 0 bridgehead atoms. The van der Waals surface area contributed by atoms with Crippen LogP contribution in [0.1, 0.15) is 19.8 Å². The van der Waals surface area contributed by atoms with Crippen molar-refractivity contribution in [1.82, 2.24) is 15.5 Å². The van der Waals surface area contributed by atoms with E-state index in [0.717, 1.165) is 0 Å². The molecule has 114 valence electrons. The molecular formula is C12H21N3O5. The number of carbonyl (C=O) groups excluding carboxylic acids is 2. The number of amides is 3. The summed E-state index contributed by atoms with van der Waals surface area (Å²) >= 11 is 0. The van der Waals surface area contributed by atoms with E-state index in [1.54, 1.807) is 0 Å². The van der Waals surface area contributed by atoms with Gasteiger partial charge in [0.15, 0.2) is 6.04 Å². The molecule has 8 heteroatoms. The van der Waals surface area contributed by atoms with Crippen molar-refractivity contribution in [2.24, 2.45) is 5.92 Å². The minimum absolute atomic E-state index is 0.132. The van der Waals surface area contributed by atoms with Crippen LogP contribution in [0.25, 0.3) is 0 Å². The predicted molar refractivity (Wildman–Crippen MR) is 70.0 cm³/mol. The minimum atomic E-state index is -1.36. The summed E-state index contributed by atoms with van der Waals surface area (Å²) in [4.78, 5) is 35.9. The Morgan fingerprint density at radius 3 is 2.50 bits per heavy atom. The van der Waals surface area contributed by atoms with Crippen LogP contribution in [0, 0.1) is 5.92 Å². The molecule has 0 saturated carbocycles. The number of likely N-dealkylation sites (tertiary alicyclic amines) is 1. The molecular weight excluding hydrogens is 266 g/mol. The Hall–Kier alpha value is -1.83. The third-order valence-corrected chi connectivity index (χ3v) is 3.35. The van der Waals surface area contributed by atoms with Gasteiger partial charge in [-0.2, -0.15) is 0 Å². The number of piperidine rings is 1. The number of carbonyl (C=O) groups is 3. The Balaban J connectivity index is 2.62. The lowest BCUT2D eigenvalue weighted by molar-refractivity contribution is -0.142. The summed E-state index contributed by atoms with van der Waals surface area (Å²) in [5, 5.41) is 23.1. The Morgan fingerprint density at radius 1 is 1.35 bits per heavy atom. The Morgan fingerprint density at radius 2 is 2.00 bits per heavy atom. The molecule has 1 heterocycles. The lowest BCUT2D eigenvalue weighted by Gasteiger charge is -2.32.